The van der Waals surface area contributed by atoms with Gasteiger partial charge in [-0.1, -0.05) is 6.07 Å². The van der Waals surface area contributed by atoms with Crippen molar-refractivity contribution in [3.63, 3.8) is 0 Å². The Bertz CT molecular complexity index is 790. The summed E-state index contributed by atoms with van der Waals surface area (Å²) in [5.74, 6) is -0.637. The second kappa shape index (κ2) is 6.60. The van der Waals surface area contributed by atoms with Gasteiger partial charge in [-0.25, -0.2) is 13.2 Å². The Morgan fingerprint density at radius 2 is 2.00 bits per heavy atom. The number of carbonyl (C=O) groups excluding carboxylic acids is 1. The quantitative estimate of drug-likeness (QED) is 0.847. The fourth-order valence-electron chi connectivity index (χ4n) is 1.55. The highest BCUT2D eigenvalue weighted by atomic mass is 32.2. The van der Waals surface area contributed by atoms with E-state index in [4.69, 9.17) is 10.00 Å². The number of esters is 1. The molecule has 6 nitrogen and oxygen atoms in total. The summed E-state index contributed by atoms with van der Waals surface area (Å²) < 4.78 is 31.5. The van der Waals surface area contributed by atoms with Crippen LogP contribution in [0.4, 0.5) is 5.69 Å². The van der Waals surface area contributed by atoms with Crippen LogP contribution in [0.5, 0.6) is 0 Å². The highest BCUT2D eigenvalue weighted by Crippen LogP contribution is 2.20. The van der Waals surface area contributed by atoms with Crippen molar-refractivity contribution in [2.75, 3.05) is 4.72 Å². The van der Waals surface area contributed by atoms with E-state index in [1.54, 1.807) is 17.5 Å². The standard InChI is InChI=1S/C14H12N2O4S2/c1-10(9-15)20-14(17)11-4-6-12(7-5-11)16-22(18,19)13-3-2-8-21-13/h2-8,10,16H,1H3/t10-/m0/s1. The molecule has 8 heteroatoms. The molecule has 0 amide bonds. The van der Waals surface area contributed by atoms with Gasteiger partial charge in [0, 0.05) is 5.69 Å². The molecule has 2 aromatic rings. The highest BCUT2D eigenvalue weighted by molar-refractivity contribution is 7.94. The van der Waals surface area contributed by atoms with Gasteiger partial charge < -0.3 is 4.74 Å². The van der Waals surface area contributed by atoms with E-state index in [0.29, 0.717) is 5.69 Å². The maximum atomic E-state index is 12.0. The van der Waals surface area contributed by atoms with Crippen LogP contribution in [0.2, 0.25) is 0 Å². The van der Waals surface area contributed by atoms with Gasteiger partial charge in [-0.3, -0.25) is 4.72 Å². The molecule has 0 fully saturated rings. The van der Waals surface area contributed by atoms with Crippen LogP contribution in [0.3, 0.4) is 0 Å². The molecule has 0 aliphatic heterocycles. The van der Waals surface area contributed by atoms with E-state index in [2.05, 4.69) is 4.72 Å². The van der Waals surface area contributed by atoms with Crippen LogP contribution in [0, 0.1) is 11.3 Å². The van der Waals surface area contributed by atoms with Crippen molar-refractivity contribution in [1.29, 1.82) is 5.26 Å². The Balaban J connectivity index is 2.10. The monoisotopic (exact) mass is 336 g/mol. The molecule has 0 bridgehead atoms. The molecular weight excluding hydrogens is 324 g/mol. The summed E-state index contributed by atoms with van der Waals surface area (Å²) in [4.78, 5) is 11.7. The SMILES string of the molecule is C[C@@H](C#N)OC(=O)c1ccc(NS(=O)(=O)c2cccs2)cc1. The molecule has 0 aliphatic rings. The Hall–Kier alpha value is -2.37. The summed E-state index contributed by atoms with van der Waals surface area (Å²) in [6.07, 6.45) is -0.843. The van der Waals surface area contributed by atoms with E-state index < -0.39 is 22.1 Å². The molecule has 0 saturated carbocycles. The van der Waals surface area contributed by atoms with Gasteiger partial charge in [-0.2, -0.15) is 5.26 Å². The lowest BCUT2D eigenvalue weighted by molar-refractivity contribution is 0.0435. The molecule has 1 atom stereocenters. The van der Waals surface area contributed by atoms with Crippen molar-refractivity contribution < 1.29 is 17.9 Å². The summed E-state index contributed by atoms with van der Waals surface area (Å²) >= 11 is 1.11. The van der Waals surface area contributed by atoms with Crippen molar-refractivity contribution in [3.8, 4) is 6.07 Å². The van der Waals surface area contributed by atoms with Crippen LogP contribution in [-0.2, 0) is 14.8 Å². The first kappa shape index (κ1) is 16.0. The predicted octanol–water partition coefficient (Wildman–Crippen LogP) is 2.62. The van der Waals surface area contributed by atoms with Gasteiger partial charge in [-0.15, -0.1) is 11.3 Å². The second-order valence-corrected chi connectivity index (χ2v) is 7.15. The average molecular weight is 336 g/mol. The van der Waals surface area contributed by atoms with Gasteiger partial charge in [0.2, 0.25) is 0 Å². The Morgan fingerprint density at radius 3 is 2.55 bits per heavy atom. The summed E-state index contributed by atoms with van der Waals surface area (Å²) in [5.41, 5.74) is 0.569. The lowest BCUT2D eigenvalue weighted by atomic mass is 10.2. The van der Waals surface area contributed by atoms with Crippen LogP contribution in [0.15, 0.2) is 46.0 Å². The summed E-state index contributed by atoms with van der Waals surface area (Å²) in [7, 11) is -3.62. The first-order chi connectivity index (χ1) is 10.4. The van der Waals surface area contributed by atoms with Gasteiger partial charge in [0.15, 0.2) is 6.10 Å². The number of thiophene rings is 1. The smallest absolute Gasteiger partial charge is 0.339 e. The molecule has 2 rings (SSSR count). The molecule has 1 heterocycles. The van der Waals surface area contributed by atoms with Gasteiger partial charge >= 0.3 is 5.97 Å². The molecule has 1 aromatic carbocycles. The van der Waals surface area contributed by atoms with Crippen molar-refractivity contribution >= 4 is 33.0 Å². The molecule has 0 unspecified atom stereocenters. The summed E-state index contributed by atoms with van der Waals surface area (Å²) in [6.45, 7) is 1.46. The van der Waals surface area contributed by atoms with E-state index >= 15 is 0 Å². The normalized spacial score (nSPS) is 12.2. The van der Waals surface area contributed by atoms with Crippen molar-refractivity contribution in [1.82, 2.24) is 0 Å². The topological polar surface area (TPSA) is 96.3 Å². The minimum absolute atomic E-state index is 0.207. The maximum Gasteiger partial charge on any atom is 0.339 e. The molecule has 0 aliphatic carbocycles. The van der Waals surface area contributed by atoms with E-state index in [1.165, 1.54) is 37.3 Å². The van der Waals surface area contributed by atoms with Crippen LogP contribution in [-0.4, -0.2) is 20.5 Å². The molecule has 114 valence electrons. The fraction of sp³-hybridized carbons (Fsp3) is 0.143. The first-order valence-corrected chi connectivity index (χ1v) is 8.55. The van der Waals surface area contributed by atoms with Crippen LogP contribution >= 0.6 is 11.3 Å². The third-order valence-corrected chi connectivity index (χ3v) is 5.38. The van der Waals surface area contributed by atoms with Crippen molar-refractivity contribution in [2.45, 2.75) is 17.2 Å². The fourth-order valence-corrected chi connectivity index (χ4v) is 3.60. The third kappa shape index (κ3) is 3.84. The first-order valence-electron chi connectivity index (χ1n) is 6.19. The van der Waals surface area contributed by atoms with Crippen LogP contribution < -0.4 is 4.72 Å². The van der Waals surface area contributed by atoms with Gasteiger partial charge in [-0.05, 0) is 42.6 Å². The van der Waals surface area contributed by atoms with E-state index in [9.17, 15) is 13.2 Å². The molecular formula is C14H12N2O4S2. The molecule has 0 saturated heterocycles. The maximum absolute atomic E-state index is 12.0. The summed E-state index contributed by atoms with van der Waals surface area (Å²) in [6, 6.07) is 10.7. The number of nitrogens with zero attached hydrogens (tertiary/aromatic N) is 1. The highest BCUT2D eigenvalue weighted by Gasteiger charge is 2.16. The number of rotatable bonds is 5. The molecule has 22 heavy (non-hydrogen) atoms. The van der Waals surface area contributed by atoms with Gasteiger partial charge in [0.25, 0.3) is 10.0 Å². The lowest BCUT2D eigenvalue weighted by Gasteiger charge is -2.08. The van der Waals surface area contributed by atoms with E-state index in [-0.39, 0.29) is 9.77 Å². The van der Waals surface area contributed by atoms with E-state index in [1.807, 2.05) is 0 Å². The lowest BCUT2D eigenvalue weighted by Crippen LogP contribution is -2.14. The minimum Gasteiger partial charge on any atom is -0.444 e. The number of benzene rings is 1. The minimum atomic E-state index is -3.62. The number of hydrogen-bond acceptors (Lipinski definition) is 6. The number of carbonyl (C=O) groups is 1. The van der Waals surface area contributed by atoms with Crippen molar-refractivity contribution in [2.24, 2.45) is 0 Å². The second-order valence-electron chi connectivity index (χ2n) is 4.29. The molecule has 1 N–H and O–H groups in total. The van der Waals surface area contributed by atoms with Gasteiger partial charge in [0.1, 0.15) is 10.3 Å². The van der Waals surface area contributed by atoms with Crippen LogP contribution in [0.1, 0.15) is 17.3 Å². The average Bonchev–Trinajstić information content (AvgIpc) is 3.02. The number of nitrogens with one attached hydrogen (secondary N) is 1. The van der Waals surface area contributed by atoms with E-state index in [0.717, 1.165) is 11.3 Å². The number of hydrogen-bond donors (Lipinski definition) is 1. The zero-order valence-corrected chi connectivity index (χ0v) is 13.1. The van der Waals surface area contributed by atoms with Crippen molar-refractivity contribution in [3.05, 3.63) is 47.3 Å². The molecule has 0 spiro atoms. The zero-order valence-electron chi connectivity index (χ0n) is 11.5. The predicted molar refractivity (Wildman–Crippen MR) is 82.1 cm³/mol. The summed E-state index contributed by atoms with van der Waals surface area (Å²) in [5, 5.41) is 10.3. The number of nitriles is 1. The number of anilines is 1. The molecule has 1 aromatic heterocycles. The Labute approximate surface area is 132 Å². The molecule has 0 radical (unpaired) electrons. The van der Waals surface area contributed by atoms with Crippen LogP contribution in [0.25, 0.3) is 0 Å². The zero-order chi connectivity index (χ0) is 16.2. The van der Waals surface area contributed by atoms with Gasteiger partial charge in [0.05, 0.1) is 5.56 Å². The third-order valence-electron chi connectivity index (χ3n) is 2.60. The Kier molecular flexibility index (Phi) is 4.80. The largest absolute Gasteiger partial charge is 0.444 e. The Morgan fingerprint density at radius 1 is 1.32 bits per heavy atom. The number of sulfonamides is 1. The number of ether oxygens (including phenoxy) is 1.